The molecule has 5 rings (SSSR count). The van der Waals surface area contributed by atoms with Crippen molar-refractivity contribution in [1.29, 1.82) is 0 Å². The number of hydrogen-bond acceptors (Lipinski definition) is 5. The second kappa shape index (κ2) is 7.63. The van der Waals surface area contributed by atoms with E-state index in [0.29, 0.717) is 5.56 Å². The molecule has 2 aromatic carbocycles. The number of aromatic amines is 1. The Hall–Kier alpha value is -3.52. The molecular weight excluding hydrogens is 395 g/mol. The van der Waals surface area contributed by atoms with Gasteiger partial charge in [0.15, 0.2) is 0 Å². The van der Waals surface area contributed by atoms with Crippen molar-refractivity contribution in [1.82, 2.24) is 19.9 Å². The number of halogens is 1. The Bertz CT molecular complexity index is 1280. The van der Waals surface area contributed by atoms with Crippen molar-refractivity contribution >= 4 is 33.5 Å². The lowest BCUT2D eigenvalue weighted by Crippen LogP contribution is -2.47. The van der Waals surface area contributed by atoms with Gasteiger partial charge < -0.3 is 15.6 Å². The van der Waals surface area contributed by atoms with E-state index >= 15 is 0 Å². The molecule has 0 bridgehead atoms. The molecule has 1 fully saturated rings. The summed E-state index contributed by atoms with van der Waals surface area (Å²) < 4.78 is 13.8. The molecule has 0 unspecified atom stereocenters. The smallest absolute Gasteiger partial charge is 0.248 e. The number of anilines is 1. The van der Waals surface area contributed by atoms with Gasteiger partial charge in [0.25, 0.3) is 0 Å². The van der Waals surface area contributed by atoms with E-state index in [0.717, 1.165) is 59.6 Å². The fraction of sp³-hybridized carbons (Fsp3) is 0.261. The molecule has 158 valence electrons. The number of imidazole rings is 1. The van der Waals surface area contributed by atoms with Gasteiger partial charge in [-0.1, -0.05) is 0 Å². The van der Waals surface area contributed by atoms with Gasteiger partial charge in [-0.3, -0.25) is 14.7 Å². The molecule has 1 saturated heterocycles. The molecule has 31 heavy (non-hydrogen) atoms. The van der Waals surface area contributed by atoms with Crippen LogP contribution in [0.3, 0.4) is 0 Å². The van der Waals surface area contributed by atoms with Crippen molar-refractivity contribution < 1.29 is 9.18 Å². The topological polar surface area (TPSA) is 91.1 Å². The van der Waals surface area contributed by atoms with E-state index in [1.54, 1.807) is 30.5 Å². The maximum atomic E-state index is 13.8. The van der Waals surface area contributed by atoms with Gasteiger partial charge in [-0.25, -0.2) is 9.37 Å². The number of carbonyl (C=O) groups excluding carboxylic acids is 1. The van der Waals surface area contributed by atoms with Crippen LogP contribution in [0.1, 0.15) is 29.1 Å². The number of hydrogen-bond donors (Lipinski definition) is 2. The van der Waals surface area contributed by atoms with Gasteiger partial charge in [0, 0.05) is 49.0 Å². The van der Waals surface area contributed by atoms with Gasteiger partial charge in [0.05, 0.1) is 22.6 Å². The van der Waals surface area contributed by atoms with Crippen LogP contribution in [-0.4, -0.2) is 51.9 Å². The highest BCUT2D eigenvalue weighted by atomic mass is 19.1. The van der Waals surface area contributed by atoms with Crippen molar-refractivity contribution in [2.45, 2.75) is 13.0 Å². The molecule has 1 aliphatic rings. The molecule has 2 aromatic heterocycles. The van der Waals surface area contributed by atoms with Crippen molar-refractivity contribution in [3.8, 4) is 0 Å². The molecule has 0 saturated carbocycles. The molecule has 7 nitrogen and oxygen atoms in total. The van der Waals surface area contributed by atoms with E-state index in [-0.39, 0.29) is 11.9 Å². The molecule has 3 heterocycles. The first-order valence-corrected chi connectivity index (χ1v) is 10.3. The Morgan fingerprint density at radius 1 is 1.10 bits per heavy atom. The number of amides is 1. The Labute approximate surface area is 178 Å². The minimum absolute atomic E-state index is 0.0956. The highest BCUT2D eigenvalue weighted by Crippen LogP contribution is 2.29. The minimum Gasteiger partial charge on any atom is -0.368 e. The summed E-state index contributed by atoms with van der Waals surface area (Å²) in [6.07, 6.45) is 1.78. The summed E-state index contributed by atoms with van der Waals surface area (Å²) in [5.74, 6) is 0.158. The molecule has 1 amide bonds. The van der Waals surface area contributed by atoms with Crippen LogP contribution >= 0.6 is 0 Å². The van der Waals surface area contributed by atoms with Crippen molar-refractivity contribution in [2.24, 2.45) is 5.73 Å². The van der Waals surface area contributed by atoms with Crippen molar-refractivity contribution in [3.63, 3.8) is 0 Å². The van der Waals surface area contributed by atoms with Crippen LogP contribution in [0.4, 0.5) is 10.1 Å². The summed E-state index contributed by atoms with van der Waals surface area (Å²) in [6, 6.07) is 12.0. The predicted octanol–water partition coefficient (Wildman–Crippen LogP) is 3.23. The molecule has 0 spiro atoms. The number of benzene rings is 2. The molecule has 1 aliphatic heterocycles. The standard InChI is InChI=1S/C23H23FN6O/c1-14(23-27-19-4-2-15(22(25)31)12-20(19)28-23)29-8-10-30(11-9-29)21-6-7-26-18-5-3-16(24)13-17(18)21/h2-7,12-14H,8-11H2,1H3,(H2,25,31)(H,27,28)/t14-/m1/s1. The van der Waals surface area contributed by atoms with Crippen molar-refractivity contribution in [2.75, 3.05) is 31.1 Å². The van der Waals surface area contributed by atoms with Crippen LogP contribution in [0, 0.1) is 5.82 Å². The summed E-state index contributed by atoms with van der Waals surface area (Å²) in [7, 11) is 0. The summed E-state index contributed by atoms with van der Waals surface area (Å²) in [5, 5.41) is 0.839. The first-order chi connectivity index (χ1) is 15.0. The SMILES string of the molecule is C[C@H](c1nc2ccc(C(N)=O)cc2[nH]1)N1CCN(c2ccnc3ccc(F)cc23)CC1. The summed E-state index contributed by atoms with van der Waals surface area (Å²) in [5.41, 5.74) is 9.28. The van der Waals surface area contributed by atoms with Crippen LogP contribution in [-0.2, 0) is 0 Å². The highest BCUT2D eigenvalue weighted by molar-refractivity contribution is 5.96. The lowest BCUT2D eigenvalue weighted by molar-refractivity contribution is 0.100. The molecule has 8 heteroatoms. The average Bonchev–Trinajstić information content (AvgIpc) is 3.21. The van der Waals surface area contributed by atoms with Gasteiger partial charge in [0.2, 0.25) is 5.91 Å². The summed E-state index contributed by atoms with van der Waals surface area (Å²) >= 11 is 0. The van der Waals surface area contributed by atoms with Crippen LogP contribution in [0.2, 0.25) is 0 Å². The fourth-order valence-corrected chi connectivity index (χ4v) is 4.28. The van der Waals surface area contributed by atoms with Crippen LogP contribution in [0.5, 0.6) is 0 Å². The second-order valence-corrected chi connectivity index (χ2v) is 7.91. The summed E-state index contributed by atoms with van der Waals surface area (Å²) in [6.45, 7) is 5.48. The van der Waals surface area contributed by atoms with Crippen LogP contribution in [0.25, 0.3) is 21.9 Å². The lowest BCUT2D eigenvalue weighted by atomic mass is 10.1. The first kappa shape index (κ1) is 19.4. The van der Waals surface area contributed by atoms with Gasteiger partial charge in [-0.15, -0.1) is 0 Å². The molecule has 1 atom stereocenters. The predicted molar refractivity (Wildman–Crippen MR) is 119 cm³/mol. The average molecular weight is 418 g/mol. The highest BCUT2D eigenvalue weighted by Gasteiger charge is 2.25. The van der Waals surface area contributed by atoms with Gasteiger partial charge in [-0.05, 0) is 49.4 Å². The Morgan fingerprint density at radius 3 is 2.65 bits per heavy atom. The first-order valence-electron chi connectivity index (χ1n) is 10.3. The number of pyridine rings is 1. The third-order valence-electron chi connectivity index (χ3n) is 6.06. The zero-order valence-corrected chi connectivity index (χ0v) is 17.2. The zero-order chi connectivity index (χ0) is 21.5. The van der Waals surface area contributed by atoms with E-state index in [1.807, 2.05) is 12.1 Å². The zero-order valence-electron chi connectivity index (χ0n) is 17.2. The van der Waals surface area contributed by atoms with E-state index in [4.69, 9.17) is 10.7 Å². The molecule has 3 N–H and O–H groups in total. The maximum absolute atomic E-state index is 13.8. The third-order valence-corrected chi connectivity index (χ3v) is 6.06. The number of H-pyrrole nitrogens is 1. The lowest BCUT2D eigenvalue weighted by Gasteiger charge is -2.38. The van der Waals surface area contributed by atoms with E-state index in [9.17, 15) is 9.18 Å². The monoisotopic (exact) mass is 418 g/mol. The Balaban J connectivity index is 1.33. The quantitative estimate of drug-likeness (QED) is 0.531. The molecular formula is C23H23FN6O. The minimum atomic E-state index is -0.453. The number of nitrogens with zero attached hydrogens (tertiary/aromatic N) is 4. The van der Waals surface area contributed by atoms with E-state index in [1.165, 1.54) is 6.07 Å². The maximum Gasteiger partial charge on any atom is 0.248 e. The van der Waals surface area contributed by atoms with Gasteiger partial charge in [0.1, 0.15) is 11.6 Å². The summed E-state index contributed by atoms with van der Waals surface area (Å²) in [4.78, 5) is 28.5. The number of fused-ring (bicyclic) bond motifs is 2. The number of nitrogens with two attached hydrogens (primary N) is 1. The number of rotatable bonds is 4. The normalized spacial score (nSPS) is 16.1. The van der Waals surface area contributed by atoms with Crippen LogP contribution < -0.4 is 10.6 Å². The Morgan fingerprint density at radius 2 is 1.87 bits per heavy atom. The van der Waals surface area contributed by atoms with Gasteiger partial charge in [-0.2, -0.15) is 0 Å². The molecule has 0 aliphatic carbocycles. The van der Waals surface area contributed by atoms with Crippen molar-refractivity contribution in [3.05, 3.63) is 65.9 Å². The third kappa shape index (κ3) is 3.59. The number of aromatic nitrogens is 3. The number of nitrogens with one attached hydrogen (secondary N) is 1. The van der Waals surface area contributed by atoms with Gasteiger partial charge >= 0.3 is 0 Å². The largest absolute Gasteiger partial charge is 0.368 e. The second-order valence-electron chi connectivity index (χ2n) is 7.91. The van der Waals surface area contributed by atoms with E-state index < -0.39 is 5.91 Å². The number of piperazine rings is 1. The molecule has 0 radical (unpaired) electrons. The fourth-order valence-electron chi connectivity index (χ4n) is 4.28. The number of primary amides is 1. The number of carbonyl (C=O) groups is 1. The van der Waals surface area contributed by atoms with Crippen LogP contribution in [0.15, 0.2) is 48.7 Å². The van der Waals surface area contributed by atoms with E-state index in [2.05, 4.69) is 26.7 Å². The molecule has 4 aromatic rings. The Kier molecular flexibility index (Phi) is 4.78.